The zero-order chi connectivity index (χ0) is 15.0. The normalized spacial score (nSPS) is 11.2. The molecule has 1 heterocycles. The summed E-state index contributed by atoms with van der Waals surface area (Å²) in [6, 6.07) is 12.9. The summed E-state index contributed by atoms with van der Waals surface area (Å²) in [5.41, 5.74) is 3.72. The van der Waals surface area contributed by atoms with Crippen LogP contribution in [0.15, 0.2) is 42.5 Å². The van der Waals surface area contributed by atoms with Gasteiger partial charge in [0.25, 0.3) is 0 Å². The fraction of sp³-hybridized carbons (Fsp3) is 0.188. The van der Waals surface area contributed by atoms with E-state index in [2.05, 4.69) is 36.3 Å². The fourth-order valence-electron chi connectivity index (χ4n) is 2.26. The highest BCUT2D eigenvalue weighted by Gasteiger charge is 2.11. The Bertz CT molecular complexity index is 821. The maximum atomic E-state index is 11.0. The molecule has 0 saturated heterocycles. The number of carboxylic acids is 1. The van der Waals surface area contributed by atoms with Crippen LogP contribution < -0.4 is 0 Å². The van der Waals surface area contributed by atoms with Gasteiger partial charge in [0.05, 0.1) is 16.8 Å². The van der Waals surface area contributed by atoms with E-state index in [1.165, 1.54) is 11.6 Å². The predicted molar refractivity (Wildman–Crippen MR) is 79.9 cm³/mol. The van der Waals surface area contributed by atoms with Crippen molar-refractivity contribution in [3.8, 4) is 5.69 Å². The van der Waals surface area contributed by atoms with Crippen molar-refractivity contribution in [2.45, 2.75) is 19.8 Å². The third-order valence-electron chi connectivity index (χ3n) is 3.47. The molecule has 0 saturated carbocycles. The maximum absolute atomic E-state index is 11.0. The standard InChI is InChI=1S/C16H15N3O2/c1-10(2)11-4-3-5-13(8-11)19-15-7-6-12(16(20)21)9-14(15)17-18-19/h3-10H,1-2H3,(H,20,21). The molecule has 0 amide bonds. The number of hydrogen-bond acceptors (Lipinski definition) is 3. The topological polar surface area (TPSA) is 68.0 Å². The molecule has 0 bridgehead atoms. The van der Waals surface area contributed by atoms with E-state index < -0.39 is 5.97 Å². The van der Waals surface area contributed by atoms with Crippen LogP contribution in [0.4, 0.5) is 0 Å². The van der Waals surface area contributed by atoms with Gasteiger partial charge in [0.2, 0.25) is 0 Å². The van der Waals surface area contributed by atoms with E-state index in [9.17, 15) is 4.79 Å². The molecule has 0 radical (unpaired) electrons. The van der Waals surface area contributed by atoms with Crippen LogP contribution in [0.1, 0.15) is 35.7 Å². The van der Waals surface area contributed by atoms with Crippen LogP contribution in [0.3, 0.4) is 0 Å². The molecule has 1 aromatic heterocycles. The highest BCUT2D eigenvalue weighted by Crippen LogP contribution is 2.21. The quantitative estimate of drug-likeness (QED) is 0.800. The molecule has 3 rings (SSSR count). The Morgan fingerprint density at radius 3 is 2.71 bits per heavy atom. The summed E-state index contributed by atoms with van der Waals surface area (Å²) in [6.07, 6.45) is 0. The first-order chi connectivity index (χ1) is 10.1. The van der Waals surface area contributed by atoms with Crippen molar-refractivity contribution in [1.82, 2.24) is 15.0 Å². The van der Waals surface area contributed by atoms with Crippen LogP contribution in [0.25, 0.3) is 16.7 Å². The molecular formula is C16H15N3O2. The molecule has 1 N–H and O–H groups in total. The van der Waals surface area contributed by atoms with Crippen molar-refractivity contribution in [2.75, 3.05) is 0 Å². The molecule has 0 aliphatic carbocycles. The largest absolute Gasteiger partial charge is 0.478 e. The Kier molecular flexibility index (Phi) is 3.17. The minimum atomic E-state index is -0.965. The average Bonchev–Trinajstić information content (AvgIpc) is 2.90. The van der Waals surface area contributed by atoms with E-state index in [0.717, 1.165) is 11.2 Å². The third kappa shape index (κ3) is 2.38. The highest BCUT2D eigenvalue weighted by atomic mass is 16.4. The van der Waals surface area contributed by atoms with Gasteiger partial charge in [-0.3, -0.25) is 0 Å². The Morgan fingerprint density at radius 2 is 2.00 bits per heavy atom. The molecule has 5 heteroatoms. The van der Waals surface area contributed by atoms with Gasteiger partial charge in [-0.25, -0.2) is 9.48 Å². The summed E-state index contributed by atoms with van der Waals surface area (Å²) in [5, 5.41) is 17.2. The second-order valence-electron chi connectivity index (χ2n) is 5.26. The summed E-state index contributed by atoms with van der Waals surface area (Å²) in [5.74, 6) is -0.536. The molecule has 0 fully saturated rings. The van der Waals surface area contributed by atoms with E-state index >= 15 is 0 Å². The van der Waals surface area contributed by atoms with Crippen LogP contribution in [0.5, 0.6) is 0 Å². The minimum Gasteiger partial charge on any atom is -0.478 e. The second kappa shape index (κ2) is 5.01. The van der Waals surface area contributed by atoms with Crippen LogP contribution in [-0.2, 0) is 0 Å². The number of aromatic nitrogens is 3. The lowest BCUT2D eigenvalue weighted by atomic mass is 10.0. The smallest absolute Gasteiger partial charge is 0.335 e. The lowest BCUT2D eigenvalue weighted by Gasteiger charge is -2.08. The van der Waals surface area contributed by atoms with Gasteiger partial charge < -0.3 is 5.11 Å². The maximum Gasteiger partial charge on any atom is 0.335 e. The number of benzene rings is 2. The zero-order valence-corrected chi connectivity index (χ0v) is 11.8. The molecule has 0 spiro atoms. The Hall–Kier alpha value is -2.69. The molecule has 3 aromatic rings. The predicted octanol–water partition coefficient (Wildman–Crippen LogP) is 3.24. The van der Waals surface area contributed by atoms with Crippen LogP contribution in [0, 0.1) is 0 Å². The van der Waals surface area contributed by atoms with Gasteiger partial charge in [-0.15, -0.1) is 5.10 Å². The van der Waals surface area contributed by atoms with Crippen molar-refractivity contribution in [2.24, 2.45) is 0 Å². The number of nitrogens with zero attached hydrogens (tertiary/aromatic N) is 3. The second-order valence-corrected chi connectivity index (χ2v) is 5.26. The van der Waals surface area contributed by atoms with Gasteiger partial charge in [-0.2, -0.15) is 0 Å². The number of carbonyl (C=O) groups is 1. The van der Waals surface area contributed by atoms with Crippen molar-refractivity contribution in [3.63, 3.8) is 0 Å². The Morgan fingerprint density at radius 1 is 1.19 bits per heavy atom. The lowest BCUT2D eigenvalue weighted by Crippen LogP contribution is -1.99. The third-order valence-corrected chi connectivity index (χ3v) is 3.47. The first-order valence-electron chi connectivity index (χ1n) is 6.75. The van der Waals surface area contributed by atoms with E-state index in [4.69, 9.17) is 5.11 Å². The van der Waals surface area contributed by atoms with Gasteiger partial charge in [0, 0.05) is 0 Å². The van der Waals surface area contributed by atoms with Crippen molar-refractivity contribution in [3.05, 3.63) is 53.6 Å². The van der Waals surface area contributed by atoms with E-state index in [-0.39, 0.29) is 5.56 Å². The van der Waals surface area contributed by atoms with Gasteiger partial charge in [-0.1, -0.05) is 31.2 Å². The summed E-state index contributed by atoms with van der Waals surface area (Å²) >= 11 is 0. The molecule has 21 heavy (non-hydrogen) atoms. The molecule has 2 aromatic carbocycles. The van der Waals surface area contributed by atoms with Crippen molar-refractivity contribution < 1.29 is 9.90 Å². The number of fused-ring (bicyclic) bond motifs is 1. The molecule has 106 valence electrons. The number of carboxylic acid groups (broad SMARTS) is 1. The summed E-state index contributed by atoms with van der Waals surface area (Å²) in [4.78, 5) is 11.0. The number of aromatic carboxylic acids is 1. The molecule has 0 aliphatic heterocycles. The van der Waals surface area contributed by atoms with Gasteiger partial charge >= 0.3 is 5.97 Å². The van der Waals surface area contributed by atoms with Crippen LogP contribution in [0.2, 0.25) is 0 Å². The number of hydrogen-bond donors (Lipinski definition) is 1. The Balaban J connectivity index is 2.13. The van der Waals surface area contributed by atoms with Gasteiger partial charge in [0.1, 0.15) is 5.52 Å². The van der Waals surface area contributed by atoms with Gasteiger partial charge in [0.15, 0.2) is 0 Å². The van der Waals surface area contributed by atoms with E-state index in [0.29, 0.717) is 11.4 Å². The summed E-state index contributed by atoms with van der Waals surface area (Å²) in [7, 11) is 0. The van der Waals surface area contributed by atoms with E-state index in [1.54, 1.807) is 16.8 Å². The monoisotopic (exact) mass is 281 g/mol. The first kappa shape index (κ1) is 13.3. The number of rotatable bonds is 3. The zero-order valence-electron chi connectivity index (χ0n) is 11.8. The Labute approximate surface area is 121 Å². The van der Waals surface area contributed by atoms with Crippen LogP contribution >= 0.6 is 0 Å². The average molecular weight is 281 g/mol. The molecule has 5 nitrogen and oxygen atoms in total. The van der Waals surface area contributed by atoms with Crippen molar-refractivity contribution in [1.29, 1.82) is 0 Å². The van der Waals surface area contributed by atoms with Crippen LogP contribution in [-0.4, -0.2) is 26.1 Å². The molecular weight excluding hydrogens is 266 g/mol. The van der Waals surface area contributed by atoms with E-state index in [1.807, 2.05) is 12.1 Å². The molecule has 0 unspecified atom stereocenters. The first-order valence-corrected chi connectivity index (χ1v) is 6.75. The lowest BCUT2D eigenvalue weighted by molar-refractivity contribution is 0.0697. The highest BCUT2D eigenvalue weighted by molar-refractivity contribution is 5.92. The fourth-order valence-corrected chi connectivity index (χ4v) is 2.26. The van der Waals surface area contributed by atoms with Gasteiger partial charge in [-0.05, 0) is 41.8 Å². The minimum absolute atomic E-state index is 0.213. The SMILES string of the molecule is CC(C)c1cccc(-n2nnc3cc(C(=O)O)ccc32)c1. The van der Waals surface area contributed by atoms with Crippen molar-refractivity contribution >= 4 is 17.0 Å². The summed E-state index contributed by atoms with van der Waals surface area (Å²) in [6.45, 7) is 4.27. The molecule has 0 atom stereocenters. The molecule has 0 aliphatic rings. The summed E-state index contributed by atoms with van der Waals surface area (Å²) < 4.78 is 1.73.